The van der Waals surface area contributed by atoms with Crippen LogP contribution in [0.5, 0.6) is 0 Å². The number of aromatic nitrogens is 3. The SMILES string of the molecule is Cc1nn(C(F)F)cc1S(=O)(=O)N1CC(C(C)(C)O[Si]C(C)(C)C)Cc2ncc(NC(=O)OC(C)(C)C)cc21. The second-order valence-corrected chi connectivity index (χ2v) is 15.9. The Balaban J connectivity index is 2.06. The van der Waals surface area contributed by atoms with Gasteiger partial charge in [0.05, 0.1) is 40.8 Å². The van der Waals surface area contributed by atoms with Crippen molar-refractivity contribution in [3.63, 3.8) is 0 Å². The number of carbonyl (C=O) groups is 1. The van der Waals surface area contributed by atoms with Crippen molar-refractivity contribution in [2.45, 2.75) is 96.4 Å². The van der Waals surface area contributed by atoms with Crippen LogP contribution in [0.25, 0.3) is 0 Å². The molecule has 0 bridgehead atoms. The summed E-state index contributed by atoms with van der Waals surface area (Å²) >= 11 is 0. The summed E-state index contributed by atoms with van der Waals surface area (Å²) in [5.41, 5.74) is -0.590. The van der Waals surface area contributed by atoms with Gasteiger partial charge in [-0.25, -0.2) is 17.9 Å². The number of carbonyl (C=O) groups excluding carboxylic acids is 1. The van der Waals surface area contributed by atoms with Crippen LogP contribution in [-0.2, 0) is 25.6 Å². The molecule has 39 heavy (non-hydrogen) atoms. The van der Waals surface area contributed by atoms with Gasteiger partial charge in [-0.1, -0.05) is 20.8 Å². The minimum atomic E-state index is -4.35. The normalized spacial score (nSPS) is 16.8. The van der Waals surface area contributed by atoms with Crippen LogP contribution in [0.15, 0.2) is 23.4 Å². The first-order valence-corrected chi connectivity index (χ1v) is 14.9. The molecule has 3 rings (SSSR count). The first-order valence-electron chi connectivity index (χ1n) is 12.5. The van der Waals surface area contributed by atoms with Gasteiger partial charge in [-0.3, -0.25) is 14.6 Å². The Kier molecular flexibility index (Phi) is 8.55. The molecule has 216 valence electrons. The lowest BCUT2D eigenvalue weighted by atomic mass is 9.84. The van der Waals surface area contributed by atoms with Crippen LogP contribution in [0.4, 0.5) is 25.0 Å². The molecule has 2 aromatic rings. The molecule has 1 N–H and O–H groups in total. The number of nitrogens with one attached hydrogen (secondary N) is 1. The summed E-state index contributed by atoms with van der Waals surface area (Å²) in [5, 5.41) is 6.19. The summed E-state index contributed by atoms with van der Waals surface area (Å²) in [5.74, 6) is -0.308. The molecule has 1 amide bonds. The van der Waals surface area contributed by atoms with Crippen LogP contribution in [-0.4, -0.2) is 56.8 Å². The predicted molar refractivity (Wildman–Crippen MR) is 145 cm³/mol. The Labute approximate surface area is 231 Å². The topological polar surface area (TPSA) is 116 Å². The lowest BCUT2D eigenvalue weighted by Crippen LogP contribution is -2.49. The summed E-state index contributed by atoms with van der Waals surface area (Å²) in [6, 6.07) is 1.50. The highest BCUT2D eigenvalue weighted by molar-refractivity contribution is 7.92. The van der Waals surface area contributed by atoms with Crippen molar-refractivity contribution in [1.82, 2.24) is 14.8 Å². The van der Waals surface area contributed by atoms with E-state index in [1.54, 1.807) is 20.8 Å². The number of rotatable bonds is 7. The molecule has 0 saturated heterocycles. The molecule has 1 aliphatic rings. The Morgan fingerprint density at radius 3 is 2.36 bits per heavy atom. The molecule has 3 heterocycles. The van der Waals surface area contributed by atoms with E-state index in [2.05, 4.69) is 36.2 Å². The van der Waals surface area contributed by atoms with Crippen LogP contribution in [0.2, 0.25) is 5.04 Å². The molecule has 0 aliphatic carbocycles. The molecule has 0 fully saturated rings. The van der Waals surface area contributed by atoms with Crippen molar-refractivity contribution in [3.05, 3.63) is 29.8 Å². The molecule has 14 heteroatoms. The number of ether oxygens (including phenoxy) is 1. The van der Waals surface area contributed by atoms with Crippen LogP contribution in [0.3, 0.4) is 0 Å². The van der Waals surface area contributed by atoms with Crippen LogP contribution in [0, 0.1) is 12.8 Å². The molecule has 1 unspecified atom stereocenters. The van der Waals surface area contributed by atoms with E-state index in [-0.39, 0.29) is 49.2 Å². The third-order valence-electron chi connectivity index (χ3n) is 5.93. The van der Waals surface area contributed by atoms with Gasteiger partial charge >= 0.3 is 12.6 Å². The third kappa shape index (κ3) is 7.54. The summed E-state index contributed by atoms with van der Waals surface area (Å²) in [6.45, 7) is 13.5. The Hall–Kier alpha value is -2.58. The number of fused-ring (bicyclic) bond motifs is 1. The zero-order valence-electron chi connectivity index (χ0n) is 23.8. The Morgan fingerprint density at radius 1 is 1.18 bits per heavy atom. The van der Waals surface area contributed by atoms with Crippen LogP contribution < -0.4 is 9.62 Å². The molecule has 10 nitrogen and oxygen atoms in total. The molecule has 2 radical (unpaired) electrons. The van der Waals surface area contributed by atoms with Gasteiger partial charge < -0.3 is 9.16 Å². The van der Waals surface area contributed by atoms with Crippen molar-refractivity contribution in [3.8, 4) is 0 Å². The van der Waals surface area contributed by atoms with E-state index >= 15 is 0 Å². The van der Waals surface area contributed by atoms with E-state index in [9.17, 15) is 22.0 Å². The van der Waals surface area contributed by atoms with Gasteiger partial charge in [-0.05, 0) is 59.1 Å². The maximum absolute atomic E-state index is 14.0. The number of alkyl halides is 2. The van der Waals surface area contributed by atoms with Gasteiger partial charge in [0.2, 0.25) is 9.76 Å². The van der Waals surface area contributed by atoms with Crippen LogP contribution >= 0.6 is 0 Å². The predicted octanol–water partition coefficient (Wildman–Crippen LogP) is 5.33. The minimum Gasteiger partial charge on any atom is -0.444 e. The van der Waals surface area contributed by atoms with Gasteiger partial charge in [0.25, 0.3) is 10.0 Å². The van der Waals surface area contributed by atoms with Crippen molar-refractivity contribution in [2.75, 3.05) is 16.2 Å². The number of aryl methyl sites for hydroxylation is 1. The molecular weight excluding hydrogens is 548 g/mol. The van der Waals surface area contributed by atoms with E-state index in [1.165, 1.54) is 19.2 Å². The average Bonchev–Trinajstić information content (AvgIpc) is 3.18. The number of halogens is 2. The van der Waals surface area contributed by atoms with Gasteiger partial charge in [0.15, 0.2) is 0 Å². The largest absolute Gasteiger partial charge is 0.444 e. The van der Waals surface area contributed by atoms with E-state index in [1.807, 2.05) is 13.8 Å². The van der Waals surface area contributed by atoms with Crippen LogP contribution in [0.1, 0.15) is 73.3 Å². The fraction of sp³-hybridized carbons (Fsp3) is 0.640. The molecule has 2 aromatic heterocycles. The summed E-state index contributed by atoms with van der Waals surface area (Å²) in [6.07, 6.45) is 1.95. The molecule has 1 aliphatic heterocycles. The van der Waals surface area contributed by atoms with E-state index < -0.39 is 33.9 Å². The quantitative estimate of drug-likeness (QED) is 0.437. The lowest BCUT2D eigenvalue weighted by molar-refractivity contribution is 0.0454. The first kappa shape index (κ1) is 31.0. The number of sulfonamides is 1. The standard InChI is InChI=1S/C25H37F2N5O5SSi/c1-15-20(14-31(30-15)21(26)27)38(34,35)32-13-16(25(8,9)37-39-24(5,6)7)10-18-19(32)11-17(12-28-18)29-22(33)36-23(2,3)4/h11-12,14,16,21H,10,13H2,1-9H3,(H,29,33). The van der Waals surface area contributed by atoms with E-state index in [0.29, 0.717) is 16.8 Å². The highest BCUT2D eigenvalue weighted by Crippen LogP contribution is 2.40. The van der Waals surface area contributed by atoms with Crippen molar-refractivity contribution < 1.29 is 31.2 Å². The molecule has 0 aromatic carbocycles. The number of hydrogen-bond donors (Lipinski definition) is 1. The molecule has 0 saturated carbocycles. The third-order valence-corrected chi connectivity index (χ3v) is 9.05. The maximum atomic E-state index is 14.0. The Morgan fingerprint density at radius 2 is 1.82 bits per heavy atom. The van der Waals surface area contributed by atoms with E-state index in [0.717, 1.165) is 10.5 Å². The zero-order chi connectivity index (χ0) is 29.6. The second kappa shape index (κ2) is 10.8. The minimum absolute atomic E-state index is 0.00776. The van der Waals surface area contributed by atoms with Gasteiger partial charge in [-0.2, -0.15) is 13.9 Å². The number of pyridine rings is 1. The zero-order valence-corrected chi connectivity index (χ0v) is 25.6. The van der Waals surface area contributed by atoms with Crippen molar-refractivity contribution in [2.24, 2.45) is 5.92 Å². The van der Waals surface area contributed by atoms with Crippen molar-refractivity contribution >= 4 is 37.3 Å². The fourth-order valence-corrected chi connectivity index (χ4v) is 6.36. The highest BCUT2D eigenvalue weighted by atomic mass is 32.2. The molecule has 0 spiro atoms. The number of amides is 1. The maximum Gasteiger partial charge on any atom is 0.412 e. The summed E-state index contributed by atoms with van der Waals surface area (Å²) < 4.78 is 67.7. The summed E-state index contributed by atoms with van der Waals surface area (Å²) in [7, 11) is -4.19. The smallest absolute Gasteiger partial charge is 0.412 e. The average molecular weight is 586 g/mol. The number of anilines is 2. The molecule has 1 atom stereocenters. The first-order chi connectivity index (χ1) is 17.7. The highest BCUT2D eigenvalue weighted by Gasteiger charge is 2.42. The molecular formula is C25H37F2N5O5SSi. The fourth-order valence-electron chi connectivity index (χ4n) is 3.94. The summed E-state index contributed by atoms with van der Waals surface area (Å²) in [4.78, 5) is 16.5. The van der Waals surface area contributed by atoms with Crippen molar-refractivity contribution in [1.29, 1.82) is 0 Å². The number of nitrogens with zero attached hydrogens (tertiary/aromatic N) is 4. The monoisotopic (exact) mass is 585 g/mol. The van der Waals surface area contributed by atoms with E-state index in [4.69, 9.17) is 9.16 Å². The van der Waals surface area contributed by atoms with Gasteiger partial charge in [0, 0.05) is 12.5 Å². The Bertz CT molecular complexity index is 1320. The number of hydrogen-bond acceptors (Lipinski definition) is 7. The lowest BCUT2D eigenvalue weighted by Gasteiger charge is -2.42. The van der Waals surface area contributed by atoms with Gasteiger partial charge in [-0.15, -0.1) is 0 Å². The van der Waals surface area contributed by atoms with Gasteiger partial charge in [0.1, 0.15) is 10.5 Å². The second-order valence-electron chi connectivity index (χ2n) is 12.1.